The Morgan fingerprint density at radius 3 is 2.94 bits per heavy atom. The van der Waals surface area contributed by atoms with Crippen molar-refractivity contribution in [2.45, 2.75) is 6.42 Å². The quantitative estimate of drug-likeness (QED) is 0.491. The van der Waals surface area contributed by atoms with Gasteiger partial charge >= 0.3 is 0 Å². The minimum absolute atomic E-state index is 0.0690. The topological polar surface area (TPSA) is 94.1 Å². The van der Waals surface area contributed by atoms with Crippen molar-refractivity contribution in [1.29, 1.82) is 0 Å². The molecule has 6 nitrogen and oxygen atoms in total. The number of benzene rings is 1. The van der Waals surface area contributed by atoms with E-state index in [1.54, 1.807) is 29.7 Å². The minimum atomic E-state index is -0.491. The molecule has 1 aromatic carbocycles. The minimum Gasteiger partial charge on any atom is -0.393 e. The van der Waals surface area contributed by atoms with E-state index in [4.69, 9.17) is 5.73 Å². The lowest BCUT2D eigenvalue weighted by atomic mass is 10.2. The zero-order valence-corrected chi connectivity index (χ0v) is 10.3. The van der Waals surface area contributed by atoms with E-state index in [0.29, 0.717) is 6.54 Å². The summed E-state index contributed by atoms with van der Waals surface area (Å²) in [7, 11) is 0. The van der Waals surface area contributed by atoms with Gasteiger partial charge in [-0.15, -0.1) is 11.3 Å². The molecule has 0 aliphatic rings. The third-order valence-corrected chi connectivity index (χ3v) is 3.22. The predicted molar refractivity (Wildman–Crippen MR) is 71.8 cm³/mol. The van der Waals surface area contributed by atoms with Crippen LogP contribution in [-0.2, 0) is 6.42 Å². The summed E-state index contributed by atoms with van der Waals surface area (Å²) in [5, 5.41) is 16.7. The van der Waals surface area contributed by atoms with Crippen LogP contribution in [0.3, 0.4) is 0 Å². The molecule has 0 saturated heterocycles. The Bertz CT molecular complexity index is 542. The Morgan fingerprint density at radius 2 is 2.33 bits per heavy atom. The average Bonchev–Trinajstić information content (AvgIpc) is 2.81. The van der Waals surface area contributed by atoms with Gasteiger partial charge in [0.05, 0.1) is 9.93 Å². The molecule has 2 aromatic rings. The molecule has 0 aliphatic carbocycles. The highest BCUT2D eigenvalue weighted by atomic mass is 32.1. The van der Waals surface area contributed by atoms with Gasteiger partial charge in [-0.05, 0) is 12.1 Å². The van der Waals surface area contributed by atoms with Gasteiger partial charge in [0, 0.05) is 36.3 Å². The number of aromatic nitrogens is 1. The van der Waals surface area contributed by atoms with E-state index in [1.165, 1.54) is 6.07 Å². The Hall–Kier alpha value is -2.15. The monoisotopic (exact) mass is 264 g/mol. The number of hydrogen-bond donors (Lipinski definition) is 2. The molecule has 1 aromatic heterocycles. The smallest absolute Gasteiger partial charge is 0.292 e. The number of hydrogen-bond acceptors (Lipinski definition) is 6. The van der Waals surface area contributed by atoms with Crippen molar-refractivity contribution >= 4 is 28.4 Å². The Kier molecular flexibility index (Phi) is 3.73. The molecule has 0 radical (unpaired) electrons. The van der Waals surface area contributed by atoms with E-state index in [1.807, 2.05) is 5.38 Å². The summed E-state index contributed by atoms with van der Waals surface area (Å²) in [6.07, 6.45) is 2.58. The first-order valence-electron chi connectivity index (χ1n) is 5.33. The van der Waals surface area contributed by atoms with Gasteiger partial charge in [0.25, 0.3) is 5.69 Å². The number of nitrogen functional groups attached to an aromatic ring is 1. The van der Waals surface area contributed by atoms with Gasteiger partial charge in [-0.25, -0.2) is 4.98 Å². The fourth-order valence-corrected chi connectivity index (χ4v) is 2.14. The van der Waals surface area contributed by atoms with Crippen LogP contribution in [0.1, 0.15) is 5.01 Å². The maximum Gasteiger partial charge on any atom is 0.292 e. The number of nitro groups is 1. The molecular formula is C11H12N4O2S. The van der Waals surface area contributed by atoms with Crippen LogP contribution in [0.25, 0.3) is 0 Å². The largest absolute Gasteiger partial charge is 0.393 e. The summed E-state index contributed by atoms with van der Waals surface area (Å²) in [5.74, 6) is 0. The predicted octanol–water partition coefficient (Wildman–Crippen LogP) is 2.29. The first-order chi connectivity index (χ1) is 8.66. The maximum atomic E-state index is 10.6. The summed E-state index contributed by atoms with van der Waals surface area (Å²) in [6, 6.07) is 4.62. The first-order valence-corrected chi connectivity index (χ1v) is 6.21. The molecule has 0 fully saturated rings. The molecular weight excluding hydrogens is 252 g/mol. The normalized spacial score (nSPS) is 10.2. The van der Waals surface area contributed by atoms with Crippen molar-refractivity contribution in [1.82, 2.24) is 4.98 Å². The molecule has 0 atom stereocenters. The summed E-state index contributed by atoms with van der Waals surface area (Å²) in [6.45, 7) is 0.713. The van der Waals surface area contributed by atoms with Crippen molar-refractivity contribution < 1.29 is 4.92 Å². The second kappa shape index (κ2) is 5.46. The molecule has 0 amide bonds. The van der Waals surface area contributed by atoms with Crippen LogP contribution in [0, 0.1) is 10.1 Å². The maximum absolute atomic E-state index is 10.6. The second-order valence-electron chi connectivity index (χ2n) is 3.63. The van der Waals surface area contributed by atoms with E-state index in [-0.39, 0.29) is 11.4 Å². The van der Waals surface area contributed by atoms with E-state index in [0.717, 1.165) is 17.1 Å². The molecule has 0 spiro atoms. The second-order valence-corrected chi connectivity index (χ2v) is 4.61. The number of nitrogens with one attached hydrogen (secondary N) is 1. The lowest BCUT2D eigenvalue weighted by Crippen LogP contribution is -2.05. The zero-order valence-electron chi connectivity index (χ0n) is 9.50. The van der Waals surface area contributed by atoms with Crippen LogP contribution in [0.5, 0.6) is 0 Å². The average molecular weight is 264 g/mol. The van der Waals surface area contributed by atoms with Gasteiger partial charge in [0.15, 0.2) is 0 Å². The van der Waals surface area contributed by atoms with E-state index in [9.17, 15) is 10.1 Å². The first kappa shape index (κ1) is 12.3. The number of rotatable bonds is 5. The highest BCUT2D eigenvalue weighted by Crippen LogP contribution is 2.24. The number of nitrogens with zero attached hydrogens (tertiary/aromatic N) is 2. The van der Waals surface area contributed by atoms with Crippen molar-refractivity contribution in [3.8, 4) is 0 Å². The van der Waals surface area contributed by atoms with Crippen molar-refractivity contribution in [3.05, 3.63) is 44.9 Å². The third-order valence-electron chi connectivity index (χ3n) is 2.38. The van der Waals surface area contributed by atoms with E-state index in [2.05, 4.69) is 10.3 Å². The van der Waals surface area contributed by atoms with Crippen LogP contribution in [0.15, 0.2) is 29.8 Å². The van der Waals surface area contributed by atoms with Crippen LogP contribution < -0.4 is 11.1 Å². The number of anilines is 2. The molecule has 94 valence electrons. The molecule has 0 bridgehead atoms. The van der Waals surface area contributed by atoms with Gasteiger partial charge < -0.3 is 11.1 Å². The van der Waals surface area contributed by atoms with Crippen LogP contribution in [-0.4, -0.2) is 16.5 Å². The lowest BCUT2D eigenvalue weighted by molar-refractivity contribution is -0.383. The van der Waals surface area contributed by atoms with Crippen molar-refractivity contribution in [2.24, 2.45) is 0 Å². The molecule has 3 N–H and O–H groups in total. The Labute approximate surface area is 108 Å². The third kappa shape index (κ3) is 2.95. The van der Waals surface area contributed by atoms with Gasteiger partial charge in [0.1, 0.15) is 5.69 Å². The molecule has 1 heterocycles. The number of nitro benzene ring substituents is 1. The van der Waals surface area contributed by atoms with Gasteiger partial charge in [-0.2, -0.15) is 0 Å². The van der Waals surface area contributed by atoms with Gasteiger partial charge in [-0.3, -0.25) is 10.1 Å². The van der Waals surface area contributed by atoms with Gasteiger partial charge in [0.2, 0.25) is 0 Å². The molecule has 0 aliphatic heterocycles. The van der Waals surface area contributed by atoms with E-state index < -0.39 is 4.92 Å². The highest BCUT2D eigenvalue weighted by molar-refractivity contribution is 7.09. The van der Waals surface area contributed by atoms with Crippen LogP contribution >= 0.6 is 11.3 Å². The molecule has 18 heavy (non-hydrogen) atoms. The van der Waals surface area contributed by atoms with Crippen LogP contribution in [0.2, 0.25) is 0 Å². The highest BCUT2D eigenvalue weighted by Gasteiger charge is 2.10. The molecule has 0 saturated carbocycles. The number of nitrogens with two attached hydrogens (primary N) is 1. The standard InChI is InChI=1S/C11H12N4O2S/c12-9-7-8(1-2-10(9)15(16)17)13-4-3-11-14-5-6-18-11/h1-2,5-7,13H,3-4,12H2. The number of thiazole rings is 1. The van der Waals surface area contributed by atoms with E-state index >= 15 is 0 Å². The lowest BCUT2D eigenvalue weighted by Gasteiger charge is -2.06. The summed E-state index contributed by atoms with van der Waals surface area (Å²) in [4.78, 5) is 14.3. The summed E-state index contributed by atoms with van der Waals surface area (Å²) >= 11 is 1.60. The molecule has 7 heteroatoms. The molecule has 2 rings (SSSR count). The summed E-state index contributed by atoms with van der Waals surface area (Å²) < 4.78 is 0. The Balaban J connectivity index is 1.94. The Morgan fingerprint density at radius 1 is 1.50 bits per heavy atom. The zero-order chi connectivity index (χ0) is 13.0. The van der Waals surface area contributed by atoms with Crippen molar-refractivity contribution in [2.75, 3.05) is 17.6 Å². The fourth-order valence-electron chi connectivity index (χ4n) is 1.52. The fraction of sp³-hybridized carbons (Fsp3) is 0.182. The van der Waals surface area contributed by atoms with Gasteiger partial charge in [-0.1, -0.05) is 0 Å². The van der Waals surface area contributed by atoms with Crippen molar-refractivity contribution in [3.63, 3.8) is 0 Å². The SMILES string of the molecule is Nc1cc(NCCc2nccs2)ccc1[N+](=O)[O-]. The van der Waals surface area contributed by atoms with Crippen LogP contribution in [0.4, 0.5) is 17.1 Å². The molecule has 0 unspecified atom stereocenters. The summed E-state index contributed by atoms with van der Waals surface area (Å²) in [5.41, 5.74) is 6.47.